The lowest BCUT2D eigenvalue weighted by Crippen LogP contribution is -2.40. The standard InChI is InChI=1S/C20H22N4O/c1-16-6-4-8-18(19(16)22-10-2-3-11-22)20(25)23-12-5-7-17(14-23)24-13-9-21-15-24/h2-4,6,8-11,13,15,17H,5,7,12,14H2,1H3. The van der Waals surface area contributed by atoms with Crippen molar-refractivity contribution in [3.05, 3.63) is 72.6 Å². The number of rotatable bonds is 3. The Kier molecular flexibility index (Phi) is 4.14. The predicted octanol–water partition coefficient (Wildman–Crippen LogP) is 3.46. The normalized spacial score (nSPS) is 17.6. The SMILES string of the molecule is Cc1cccc(C(=O)N2CCCC(n3ccnc3)C2)c1-n1cccc1. The maximum absolute atomic E-state index is 13.3. The fourth-order valence-electron chi connectivity index (χ4n) is 3.70. The molecule has 1 amide bonds. The van der Waals surface area contributed by atoms with Gasteiger partial charge >= 0.3 is 0 Å². The molecule has 25 heavy (non-hydrogen) atoms. The maximum Gasteiger partial charge on any atom is 0.256 e. The van der Waals surface area contributed by atoms with E-state index in [-0.39, 0.29) is 5.91 Å². The van der Waals surface area contributed by atoms with Crippen LogP contribution in [-0.4, -0.2) is 38.0 Å². The number of piperidine rings is 1. The van der Waals surface area contributed by atoms with E-state index in [9.17, 15) is 4.79 Å². The molecule has 2 aromatic heterocycles. The molecule has 1 fully saturated rings. The van der Waals surface area contributed by atoms with Gasteiger partial charge in [0.25, 0.3) is 5.91 Å². The number of para-hydroxylation sites is 1. The summed E-state index contributed by atoms with van der Waals surface area (Å²) in [6, 6.07) is 10.2. The monoisotopic (exact) mass is 334 g/mol. The molecule has 4 rings (SSSR count). The lowest BCUT2D eigenvalue weighted by Gasteiger charge is -2.34. The molecular formula is C20H22N4O. The molecule has 1 saturated heterocycles. The van der Waals surface area contributed by atoms with Crippen LogP contribution < -0.4 is 0 Å². The Bertz CT molecular complexity index is 852. The molecule has 1 unspecified atom stereocenters. The van der Waals surface area contributed by atoms with Crippen molar-refractivity contribution in [1.29, 1.82) is 0 Å². The summed E-state index contributed by atoms with van der Waals surface area (Å²) >= 11 is 0. The first-order valence-electron chi connectivity index (χ1n) is 8.74. The second-order valence-electron chi connectivity index (χ2n) is 6.62. The van der Waals surface area contributed by atoms with E-state index in [4.69, 9.17) is 0 Å². The van der Waals surface area contributed by atoms with E-state index >= 15 is 0 Å². The molecule has 0 aliphatic carbocycles. The largest absolute Gasteiger partial charge is 0.337 e. The van der Waals surface area contributed by atoms with E-state index in [1.54, 1.807) is 6.20 Å². The number of benzene rings is 1. The van der Waals surface area contributed by atoms with Crippen molar-refractivity contribution in [2.24, 2.45) is 0 Å². The summed E-state index contributed by atoms with van der Waals surface area (Å²) in [6.07, 6.45) is 11.7. The molecule has 5 nitrogen and oxygen atoms in total. The highest BCUT2D eigenvalue weighted by Gasteiger charge is 2.27. The Labute approximate surface area is 147 Å². The smallest absolute Gasteiger partial charge is 0.256 e. The summed E-state index contributed by atoms with van der Waals surface area (Å²) in [5.41, 5.74) is 2.84. The maximum atomic E-state index is 13.3. The number of aromatic nitrogens is 3. The van der Waals surface area contributed by atoms with Gasteiger partial charge in [0.1, 0.15) is 0 Å². The fourth-order valence-corrected chi connectivity index (χ4v) is 3.70. The van der Waals surface area contributed by atoms with Gasteiger partial charge in [0.2, 0.25) is 0 Å². The van der Waals surface area contributed by atoms with Gasteiger partial charge in [0, 0.05) is 37.9 Å². The van der Waals surface area contributed by atoms with Gasteiger partial charge in [0.15, 0.2) is 0 Å². The molecule has 1 aliphatic heterocycles. The molecule has 3 aromatic rings. The number of carbonyl (C=O) groups excluding carboxylic acids is 1. The first kappa shape index (κ1) is 15.7. The first-order valence-corrected chi connectivity index (χ1v) is 8.74. The van der Waals surface area contributed by atoms with Crippen LogP contribution in [0.1, 0.15) is 34.8 Å². The van der Waals surface area contributed by atoms with E-state index in [0.29, 0.717) is 6.04 Å². The molecule has 1 aromatic carbocycles. The number of imidazole rings is 1. The number of nitrogens with zero attached hydrogens (tertiary/aromatic N) is 4. The zero-order valence-corrected chi connectivity index (χ0v) is 14.4. The lowest BCUT2D eigenvalue weighted by atomic mass is 10.0. The molecule has 0 N–H and O–H groups in total. The molecule has 1 aliphatic rings. The molecule has 1 atom stereocenters. The second-order valence-corrected chi connectivity index (χ2v) is 6.62. The minimum absolute atomic E-state index is 0.109. The van der Waals surface area contributed by atoms with E-state index in [1.165, 1.54) is 0 Å². The van der Waals surface area contributed by atoms with E-state index < -0.39 is 0 Å². The summed E-state index contributed by atoms with van der Waals surface area (Å²) in [5.74, 6) is 0.109. The van der Waals surface area contributed by atoms with Crippen molar-refractivity contribution < 1.29 is 4.79 Å². The van der Waals surface area contributed by atoms with Crippen molar-refractivity contribution in [3.8, 4) is 5.69 Å². The van der Waals surface area contributed by atoms with Gasteiger partial charge in [0.05, 0.1) is 23.6 Å². The average Bonchev–Trinajstić information content (AvgIpc) is 3.35. The molecular weight excluding hydrogens is 312 g/mol. The van der Waals surface area contributed by atoms with Gasteiger partial charge < -0.3 is 14.0 Å². The van der Waals surface area contributed by atoms with Crippen LogP contribution >= 0.6 is 0 Å². The van der Waals surface area contributed by atoms with Gasteiger partial charge in [-0.05, 0) is 43.5 Å². The first-order chi connectivity index (χ1) is 12.2. The van der Waals surface area contributed by atoms with Crippen LogP contribution in [0.2, 0.25) is 0 Å². The van der Waals surface area contributed by atoms with Crippen molar-refractivity contribution in [2.45, 2.75) is 25.8 Å². The molecule has 0 saturated carbocycles. The summed E-state index contributed by atoms with van der Waals surface area (Å²) < 4.78 is 4.14. The molecule has 0 spiro atoms. The van der Waals surface area contributed by atoms with E-state index in [2.05, 4.69) is 22.5 Å². The average molecular weight is 334 g/mol. The van der Waals surface area contributed by atoms with Gasteiger partial charge in [-0.25, -0.2) is 4.98 Å². The van der Waals surface area contributed by atoms with Gasteiger partial charge in [-0.3, -0.25) is 4.79 Å². The van der Waals surface area contributed by atoms with E-state index in [0.717, 1.165) is 42.7 Å². The van der Waals surface area contributed by atoms with E-state index in [1.807, 2.05) is 58.7 Å². The predicted molar refractivity (Wildman–Crippen MR) is 96.9 cm³/mol. The quantitative estimate of drug-likeness (QED) is 0.736. The number of likely N-dealkylation sites (tertiary alicyclic amines) is 1. The van der Waals surface area contributed by atoms with Crippen LogP contribution in [0.4, 0.5) is 0 Å². The highest BCUT2D eigenvalue weighted by atomic mass is 16.2. The molecule has 0 bridgehead atoms. The Balaban J connectivity index is 1.64. The lowest BCUT2D eigenvalue weighted by molar-refractivity contribution is 0.0679. The number of hydrogen-bond donors (Lipinski definition) is 0. The number of amides is 1. The molecule has 5 heteroatoms. The minimum atomic E-state index is 0.109. The summed E-state index contributed by atoms with van der Waals surface area (Å²) in [4.78, 5) is 19.4. The van der Waals surface area contributed by atoms with Crippen LogP contribution in [0.5, 0.6) is 0 Å². The van der Waals surface area contributed by atoms with Crippen molar-refractivity contribution in [2.75, 3.05) is 13.1 Å². The van der Waals surface area contributed by atoms with Crippen molar-refractivity contribution >= 4 is 5.91 Å². The third kappa shape index (κ3) is 2.97. The number of hydrogen-bond acceptors (Lipinski definition) is 2. The third-order valence-corrected chi connectivity index (χ3v) is 4.96. The summed E-state index contributed by atoms with van der Waals surface area (Å²) in [7, 11) is 0. The van der Waals surface area contributed by atoms with Gasteiger partial charge in [-0.2, -0.15) is 0 Å². The van der Waals surface area contributed by atoms with Crippen LogP contribution in [0.3, 0.4) is 0 Å². The second kappa shape index (κ2) is 6.59. The topological polar surface area (TPSA) is 43.1 Å². The van der Waals surface area contributed by atoms with Crippen LogP contribution in [0.25, 0.3) is 5.69 Å². The summed E-state index contributed by atoms with van der Waals surface area (Å²) in [6.45, 7) is 3.59. The molecule has 3 heterocycles. The van der Waals surface area contributed by atoms with Gasteiger partial charge in [-0.1, -0.05) is 12.1 Å². The Morgan fingerprint density at radius 2 is 2.00 bits per heavy atom. The number of aryl methyl sites for hydroxylation is 1. The fraction of sp³-hybridized carbons (Fsp3) is 0.300. The highest BCUT2D eigenvalue weighted by Crippen LogP contribution is 2.26. The van der Waals surface area contributed by atoms with Crippen LogP contribution in [0, 0.1) is 6.92 Å². The Morgan fingerprint density at radius 1 is 1.16 bits per heavy atom. The molecule has 0 radical (unpaired) electrons. The van der Waals surface area contributed by atoms with Crippen LogP contribution in [0.15, 0.2) is 61.4 Å². The van der Waals surface area contributed by atoms with Crippen molar-refractivity contribution in [1.82, 2.24) is 19.0 Å². The van der Waals surface area contributed by atoms with Crippen LogP contribution in [-0.2, 0) is 0 Å². The minimum Gasteiger partial charge on any atom is -0.337 e. The van der Waals surface area contributed by atoms with Crippen molar-refractivity contribution in [3.63, 3.8) is 0 Å². The Morgan fingerprint density at radius 3 is 2.76 bits per heavy atom. The summed E-state index contributed by atoms with van der Waals surface area (Å²) in [5, 5.41) is 0. The Hall–Kier alpha value is -2.82. The molecule has 128 valence electrons. The number of carbonyl (C=O) groups is 1. The third-order valence-electron chi connectivity index (χ3n) is 4.96. The highest BCUT2D eigenvalue weighted by molar-refractivity contribution is 5.98. The zero-order chi connectivity index (χ0) is 17.2. The van der Waals surface area contributed by atoms with Gasteiger partial charge in [-0.15, -0.1) is 0 Å². The zero-order valence-electron chi connectivity index (χ0n) is 14.4.